The van der Waals surface area contributed by atoms with Gasteiger partial charge in [-0.1, -0.05) is 53.7 Å². The molecule has 1 aliphatic carbocycles. The van der Waals surface area contributed by atoms with Crippen molar-refractivity contribution in [3.63, 3.8) is 0 Å². The molecule has 0 bridgehead atoms. The number of aliphatic carboxylic acids is 1. The van der Waals surface area contributed by atoms with E-state index in [-0.39, 0.29) is 47.1 Å². The zero-order valence-electron chi connectivity index (χ0n) is 30.2. The van der Waals surface area contributed by atoms with Gasteiger partial charge in [-0.25, -0.2) is 4.79 Å². The summed E-state index contributed by atoms with van der Waals surface area (Å²) in [5.41, 5.74) is 7.52. The summed E-state index contributed by atoms with van der Waals surface area (Å²) in [5.74, 6) is -2.28. The number of benzene rings is 1. The van der Waals surface area contributed by atoms with E-state index in [9.17, 15) is 34.2 Å². The van der Waals surface area contributed by atoms with Crippen molar-refractivity contribution in [2.75, 3.05) is 13.1 Å². The quantitative estimate of drug-likeness (QED) is 0.0571. The van der Waals surface area contributed by atoms with Crippen LogP contribution in [0.25, 0.3) is 0 Å². The van der Waals surface area contributed by atoms with Crippen LogP contribution in [0.5, 0.6) is 5.75 Å². The van der Waals surface area contributed by atoms with Crippen LogP contribution in [0.3, 0.4) is 0 Å². The third kappa shape index (κ3) is 15.1. The number of allylic oxidation sites excluding steroid dienone is 2. The fourth-order valence-corrected chi connectivity index (χ4v) is 5.88. The number of hydrogen-bond donors (Lipinski definition) is 7. The maximum atomic E-state index is 13.4. The number of unbranched alkanes of at least 4 members (excludes halogenated alkanes) is 2. The average Bonchev–Trinajstić information content (AvgIpc) is 2.98. The Labute approximate surface area is 291 Å². The third-order valence-corrected chi connectivity index (χ3v) is 8.46. The predicted octanol–water partition coefficient (Wildman–Crippen LogP) is 3.50. The number of ketones is 2. The Hall–Kier alpha value is -3.77. The van der Waals surface area contributed by atoms with Gasteiger partial charge in [-0.15, -0.1) is 0 Å². The number of carbonyl (C=O) groups excluding carboxylic acids is 4. The molecule has 12 nitrogen and oxygen atoms in total. The maximum Gasteiger partial charge on any atom is 0.326 e. The van der Waals surface area contributed by atoms with E-state index in [4.69, 9.17) is 5.73 Å². The summed E-state index contributed by atoms with van der Waals surface area (Å²) in [4.78, 5) is 64.3. The van der Waals surface area contributed by atoms with Crippen molar-refractivity contribution < 1.29 is 34.2 Å². The molecule has 1 aliphatic rings. The Balaban J connectivity index is 2.00. The number of rotatable bonds is 21. The zero-order valence-corrected chi connectivity index (χ0v) is 30.2. The predicted molar refractivity (Wildman–Crippen MR) is 190 cm³/mol. The molecule has 3 atom stereocenters. The Morgan fingerprint density at radius 1 is 0.837 bits per heavy atom. The van der Waals surface area contributed by atoms with Crippen LogP contribution in [-0.2, 0) is 30.4 Å². The van der Waals surface area contributed by atoms with Crippen molar-refractivity contribution in [1.82, 2.24) is 21.3 Å². The topological polar surface area (TPSA) is 200 Å². The molecule has 12 heteroatoms. The number of amides is 2. The Kier molecular flexibility index (Phi) is 16.9. The van der Waals surface area contributed by atoms with Crippen LogP contribution in [0.1, 0.15) is 105 Å². The molecule has 1 saturated carbocycles. The van der Waals surface area contributed by atoms with E-state index in [1.807, 2.05) is 41.5 Å². The lowest BCUT2D eigenvalue weighted by Gasteiger charge is -2.30. The van der Waals surface area contributed by atoms with E-state index in [0.29, 0.717) is 68.8 Å². The van der Waals surface area contributed by atoms with Crippen molar-refractivity contribution in [3.8, 4) is 5.75 Å². The zero-order chi connectivity index (χ0) is 36.7. The molecule has 0 unspecified atom stereocenters. The van der Waals surface area contributed by atoms with Gasteiger partial charge < -0.3 is 37.2 Å². The third-order valence-electron chi connectivity index (χ3n) is 8.46. The van der Waals surface area contributed by atoms with Crippen molar-refractivity contribution in [3.05, 3.63) is 41.1 Å². The summed E-state index contributed by atoms with van der Waals surface area (Å²) in [7, 11) is 0. The fraction of sp³-hybridized carbons (Fsp3) is 0.649. The summed E-state index contributed by atoms with van der Waals surface area (Å²) in [6.07, 6.45) is 4.43. The minimum absolute atomic E-state index is 0.0524. The number of carboxylic acids is 1. The second-order valence-electron chi connectivity index (χ2n) is 14.8. The first-order chi connectivity index (χ1) is 23.0. The number of Topliss-reactive ketones (excluding diaryl/α,β-unsaturated/α-hetero) is 2. The molecule has 274 valence electrons. The summed E-state index contributed by atoms with van der Waals surface area (Å²) >= 11 is 0. The largest absolute Gasteiger partial charge is 0.508 e. The number of nitrogens with two attached hydrogens (primary N) is 1. The highest BCUT2D eigenvalue weighted by Crippen LogP contribution is 2.35. The lowest BCUT2D eigenvalue weighted by atomic mass is 9.73. The number of carbonyl (C=O) groups is 5. The summed E-state index contributed by atoms with van der Waals surface area (Å²) in [5, 5.41) is 31.3. The van der Waals surface area contributed by atoms with Crippen LogP contribution >= 0.6 is 0 Å². The number of nitrogens with one attached hydrogen (secondary N) is 4. The van der Waals surface area contributed by atoms with Gasteiger partial charge in [0.25, 0.3) is 0 Å². The van der Waals surface area contributed by atoms with Gasteiger partial charge in [0.1, 0.15) is 17.8 Å². The summed E-state index contributed by atoms with van der Waals surface area (Å²) < 4.78 is 0. The number of hydrogen-bond acceptors (Lipinski definition) is 9. The molecule has 0 radical (unpaired) electrons. The molecule has 49 heavy (non-hydrogen) atoms. The van der Waals surface area contributed by atoms with Crippen molar-refractivity contribution in [1.29, 1.82) is 0 Å². The molecular weight excluding hydrogens is 626 g/mol. The monoisotopic (exact) mass is 685 g/mol. The van der Waals surface area contributed by atoms with Gasteiger partial charge in [-0.05, 0) is 80.5 Å². The molecule has 2 amide bonds. The van der Waals surface area contributed by atoms with Gasteiger partial charge in [0.05, 0.1) is 11.6 Å². The molecule has 0 heterocycles. The van der Waals surface area contributed by atoms with Crippen LogP contribution in [-0.4, -0.2) is 76.8 Å². The van der Waals surface area contributed by atoms with Crippen LogP contribution in [0, 0.1) is 11.3 Å². The van der Waals surface area contributed by atoms with Gasteiger partial charge in [0, 0.05) is 37.5 Å². The Bertz CT molecular complexity index is 1280. The first-order valence-electron chi connectivity index (χ1n) is 17.6. The van der Waals surface area contributed by atoms with Crippen LogP contribution in [0.4, 0.5) is 0 Å². The molecule has 1 fully saturated rings. The van der Waals surface area contributed by atoms with Crippen LogP contribution < -0.4 is 27.0 Å². The first-order valence-corrected chi connectivity index (χ1v) is 17.6. The Morgan fingerprint density at radius 3 is 1.98 bits per heavy atom. The second-order valence-corrected chi connectivity index (χ2v) is 14.8. The normalized spacial score (nSPS) is 16.3. The second kappa shape index (κ2) is 20.0. The summed E-state index contributed by atoms with van der Waals surface area (Å²) in [6, 6.07) is 3.40. The van der Waals surface area contributed by atoms with Gasteiger partial charge in [0.15, 0.2) is 11.6 Å². The highest BCUT2D eigenvalue weighted by molar-refractivity contribution is 6.22. The molecule has 0 spiro atoms. The number of carboxylic acid groups (broad SMARTS) is 1. The average molecular weight is 686 g/mol. The highest BCUT2D eigenvalue weighted by atomic mass is 16.4. The lowest BCUT2D eigenvalue weighted by Crippen LogP contribution is -2.55. The van der Waals surface area contributed by atoms with E-state index in [1.165, 1.54) is 12.1 Å². The van der Waals surface area contributed by atoms with Gasteiger partial charge in [0.2, 0.25) is 11.8 Å². The van der Waals surface area contributed by atoms with E-state index < -0.39 is 35.9 Å². The van der Waals surface area contributed by atoms with E-state index in [0.717, 1.165) is 13.0 Å². The first kappa shape index (κ1) is 41.4. The van der Waals surface area contributed by atoms with Gasteiger partial charge in [-0.3, -0.25) is 19.2 Å². The fourth-order valence-electron chi connectivity index (χ4n) is 5.88. The van der Waals surface area contributed by atoms with Gasteiger partial charge >= 0.3 is 5.97 Å². The standard InChI is InChI=1S/C37H59N5O7/c1-23(2)19-29(33-31(44)21-37(5,6)22-32(33)45)40-18-9-7-11-27(38)34(46)42-30(20-25-13-15-26(43)16-14-25)35(47)41-28(36(48)49)12-8-10-17-39-24(3)4/h13-16,23-24,27-28,30,39-40,43H,7-12,17-22,38H2,1-6H3,(H,41,47)(H,42,46)(H,48,49)/t27-,28-,30-/m0/s1. The molecule has 0 aliphatic heterocycles. The number of aromatic hydroxyl groups is 1. The highest BCUT2D eigenvalue weighted by Gasteiger charge is 2.37. The minimum Gasteiger partial charge on any atom is -0.508 e. The minimum atomic E-state index is -1.15. The molecule has 1 aromatic carbocycles. The maximum absolute atomic E-state index is 13.4. The van der Waals surface area contributed by atoms with Gasteiger partial charge in [-0.2, -0.15) is 0 Å². The molecule has 0 aromatic heterocycles. The summed E-state index contributed by atoms with van der Waals surface area (Å²) in [6.45, 7) is 13.2. The van der Waals surface area contributed by atoms with Crippen molar-refractivity contribution in [2.45, 2.75) is 130 Å². The van der Waals surface area contributed by atoms with Crippen molar-refractivity contribution in [2.24, 2.45) is 17.1 Å². The van der Waals surface area contributed by atoms with Crippen LogP contribution in [0.2, 0.25) is 0 Å². The van der Waals surface area contributed by atoms with E-state index >= 15 is 0 Å². The number of phenols is 1. The molecular formula is C37H59N5O7. The molecule has 1 aromatic rings. The molecule has 0 saturated heterocycles. The van der Waals surface area contributed by atoms with E-state index in [1.54, 1.807) is 12.1 Å². The molecule has 8 N–H and O–H groups in total. The van der Waals surface area contributed by atoms with Crippen LogP contribution in [0.15, 0.2) is 35.5 Å². The SMILES string of the molecule is CC(C)CC(NCCCC[C@H](N)C(=O)N[C@@H](Cc1ccc(O)cc1)C(=O)N[C@@H](CCCCNC(C)C)C(=O)O)=C1C(=O)CC(C)(C)CC1=O. The van der Waals surface area contributed by atoms with E-state index in [2.05, 4.69) is 21.3 Å². The number of phenolic OH excluding ortho intramolecular Hbond substituents is 1. The van der Waals surface area contributed by atoms with Crippen molar-refractivity contribution >= 4 is 29.4 Å². The smallest absolute Gasteiger partial charge is 0.326 e. The molecule has 2 rings (SSSR count). The Morgan fingerprint density at radius 2 is 1.41 bits per heavy atom. The lowest BCUT2D eigenvalue weighted by molar-refractivity contribution is -0.142.